The quantitative estimate of drug-likeness (QED) is 0.144. The first-order valence-electron chi connectivity index (χ1n) is 21.6. The van der Waals surface area contributed by atoms with Crippen LogP contribution in [0.15, 0.2) is 101 Å². The summed E-state index contributed by atoms with van der Waals surface area (Å²) < 4.78 is 10.0. The average molecular weight is 1010 g/mol. The van der Waals surface area contributed by atoms with Gasteiger partial charge in [-0.05, 0) is 77.9 Å². The number of hydrogen-bond donors (Lipinski definition) is 3. The number of ether oxygens (including phenoxy) is 1. The fourth-order valence-corrected chi connectivity index (χ4v) is 9.54. The van der Waals surface area contributed by atoms with Gasteiger partial charge in [0.05, 0.1) is 72.3 Å². The Balaban J connectivity index is 0.000000168. The summed E-state index contributed by atoms with van der Waals surface area (Å²) >= 11 is 16.0. The fourth-order valence-electron chi connectivity index (χ4n) is 8.79. The molecule has 0 bridgehead atoms. The van der Waals surface area contributed by atoms with Gasteiger partial charge in [-0.15, -0.1) is 0 Å². The largest absolute Gasteiger partial charge is 0.495 e. The van der Waals surface area contributed by atoms with E-state index in [0.717, 1.165) is 121 Å². The molecular weight excluding hydrogens is 963 g/mol. The Hall–Kier alpha value is -6.44. The molecule has 0 unspecified atom stereocenters. The van der Waals surface area contributed by atoms with Crippen molar-refractivity contribution in [2.45, 2.75) is 13.1 Å². The number of amides is 2. The van der Waals surface area contributed by atoms with Gasteiger partial charge in [-0.1, -0.05) is 23.2 Å². The number of rotatable bonds is 9. The molecular formula is C47H47BrCl2N12O5. The minimum absolute atomic E-state index is 0.142. The number of nitrogens with zero attached hydrogens (tertiary/aromatic N) is 9. The maximum atomic E-state index is 12.3. The lowest BCUT2D eigenvalue weighted by molar-refractivity contribution is 0.0897. The van der Waals surface area contributed by atoms with Gasteiger partial charge in [0.2, 0.25) is 0 Å². The van der Waals surface area contributed by atoms with E-state index in [1.54, 1.807) is 66.7 Å². The SMILES string of the molecule is CN(Br)C(=O)c1ccc(N2CCN(Cc3cnc4c(c3)[nH]c(=O)n3cccc43)CC2)c(Cl)c1.CNC(=O)c1cc(OC)c(N2CCN(Cc3cnc4c(c3)[nH]c(=O)n3cccc43)CC2)cc1Cl. The molecule has 6 aromatic heterocycles. The molecule has 3 N–H and O–H groups in total. The van der Waals surface area contributed by atoms with Crippen LogP contribution in [0.5, 0.6) is 5.75 Å². The van der Waals surface area contributed by atoms with E-state index in [9.17, 15) is 19.2 Å². The number of hydrogen-bond acceptors (Lipinski definition) is 11. The third-order valence-electron chi connectivity index (χ3n) is 12.2. The van der Waals surface area contributed by atoms with Crippen molar-refractivity contribution in [2.75, 3.05) is 83.4 Å². The number of pyridine rings is 2. The zero-order valence-corrected chi connectivity index (χ0v) is 40.0. The number of methoxy groups -OCH3 is 1. The van der Waals surface area contributed by atoms with E-state index in [1.165, 1.54) is 3.93 Å². The van der Waals surface area contributed by atoms with Crippen molar-refractivity contribution in [2.24, 2.45) is 0 Å². The molecule has 20 heteroatoms. The molecule has 2 saturated heterocycles. The number of benzene rings is 2. The second kappa shape index (κ2) is 19.4. The standard InChI is InChI=1S/C24H25ClN6O3.C23H22BrClN6O2/c1-26-23(32)16-11-21(34-2)20(12-17(16)25)30-8-6-29(7-9-30)14-15-10-18-22(27-13-15)19-4-3-5-31(19)24(33)28-18;1-28(24)22(32)16-4-5-19(17(25)12-16)30-9-7-29(8-10-30)14-15-11-18-21(26-13-15)20-3-2-6-31(20)23(33)27-18/h3-5,10-13H,6-9,14H2,1-2H3,(H,26,32)(H,28,33);2-6,11-13H,7-10,14H2,1H3,(H,27,33). The van der Waals surface area contributed by atoms with E-state index in [1.807, 2.05) is 54.9 Å². The first kappa shape index (κ1) is 45.7. The molecule has 10 rings (SSSR count). The number of aromatic amines is 2. The Morgan fingerprint density at radius 3 is 1.73 bits per heavy atom. The Morgan fingerprint density at radius 2 is 1.25 bits per heavy atom. The van der Waals surface area contributed by atoms with Gasteiger partial charge in [-0.25, -0.2) is 9.59 Å². The summed E-state index contributed by atoms with van der Waals surface area (Å²) in [6.07, 6.45) is 7.23. The third kappa shape index (κ3) is 9.44. The lowest BCUT2D eigenvalue weighted by atomic mass is 10.1. The van der Waals surface area contributed by atoms with E-state index < -0.39 is 0 Å². The van der Waals surface area contributed by atoms with Gasteiger partial charge in [0.15, 0.2) is 0 Å². The third-order valence-corrected chi connectivity index (χ3v) is 13.2. The molecule has 0 saturated carbocycles. The zero-order chi connectivity index (χ0) is 46.9. The number of fused-ring (bicyclic) bond motifs is 6. The van der Waals surface area contributed by atoms with Crippen LogP contribution in [-0.2, 0) is 13.1 Å². The van der Waals surface area contributed by atoms with Crippen LogP contribution in [0.3, 0.4) is 0 Å². The monoisotopic (exact) mass is 1010 g/mol. The Morgan fingerprint density at radius 1 is 0.731 bits per heavy atom. The van der Waals surface area contributed by atoms with Crippen LogP contribution < -0.4 is 31.2 Å². The molecule has 2 fully saturated rings. The van der Waals surface area contributed by atoms with Crippen molar-refractivity contribution < 1.29 is 14.3 Å². The van der Waals surface area contributed by atoms with Gasteiger partial charge in [0.1, 0.15) is 16.8 Å². The smallest absolute Gasteiger partial charge is 0.330 e. The average Bonchev–Trinajstić information content (AvgIpc) is 4.04. The highest BCUT2D eigenvalue weighted by Crippen LogP contribution is 2.35. The molecule has 0 atom stereocenters. The number of halogens is 3. The van der Waals surface area contributed by atoms with Crippen LogP contribution in [0.2, 0.25) is 10.0 Å². The number of piperazine rings is 2. The number of carbonyl (C=O) groups excluding carboxylic acids is 2. The maximum absolute atomic E-state index is 12.3. The van der Waals surface area contributed by atoms with Gasteiger partial charge in [0, 0.05) is 110 Å². The molecule has 17 nitrogen and oxygen atoms in total. The van der Waals surface area contributed by atoms with Crippen molar-refractivity contribution >= 4 is 95.6 Å². The summed E-state index contributed by atoms with van der Waals surface area (Å²) in [5.41, 5.74) is 9.17. The minimum atomic E-state index is -0.247. The molecule has 346 valence electrons. The highest BCUT2D eigenvalue weighted by molar-refractivity contribution is 9.07. The zero-order valence-electron chi connectivity index (χ0n) is 36.9. The van der Waals surface area contributed by atoms with Crippen molar-refractivity contribution in [1.29, 1.82) is 0 Å². The predicted molar refractivity (Wildman–Crippen MR) is 265 cm³/mol. The van der Waals surface area contributed by atoms with Crippen molar-refractivity contribution in [3.8, 4) is 5.75 Å². The molecule has 0 aliphatic carbocycles. The molecule has 2 amide bonds. The highest BCUT2D eigenvalue weighted by atomic mass is 79.9. The predicted octanol–water partition coefficient (Wildman–Crippen LogP) is 6.05. The number of anilines is 2. The maximum Gasteiger partial charge on any atom is 0.330 e. The lowest BCUT2D eigenvalue weighted by Gasteiger charge is -2.36. The van der Waals surface area contributed by atoms with E-state index in [0.29, 0.717) is 26.9 Å². The Bertz CT molecular complexity index is 3280. The van der Waals surface area contributed by atoms with Gasteiger partial charge < -0.3 is 29.8 Å². The molecule has 2 aliphatic rings. The molecule has 0 radical (unpaired) electrons. The van der Waals surface area contributed by atoms with Crippen LogP contribution in [0.1, 0.15) is 31.8 Å². The number of nitrogens with one attached hydrogen (secondary N) is 3. The van der Waals surface area contributed by atoms with E-state index >= 15 is 0 Å². The first-order chi connectivity index (χ1) is 32.4. The van der Waals surface area contributed by atoms with Gasteiger partial charge in [-0.3, -0.25) is 42.1 Å². The molecule has 67 heavy (non-hydrogen) atoms. The fraction of sp³-hybridized carbons (Fsp3) is 0.277. The first-order valence-corrected chi connectivity index (χ1v) is 23.1. The summed E-state index contributed by atoms with van der Waals surface area (Å²) in [5.74, 6) is 0.231. The Labute approximate surface area is 402 Å². The summed E-state index contributed by atoms with van der Waals surface area (Å²) in [7, 11) is 4.81. The molecule has 0 spiro atoms. The lowest BCUT2D eigenvalue weighted by Crippen LogP contribution is -2.46. The summed E-state index contributed by atoms with van der Waals surface area (Å²) in [5, 5.41) is 3.56. The van der Waals surface area contributed by atoms with Crippen molar-refractivity contribution in [3.63, 3.8) is 0 Å². The Kier molecular flexibility index (Phi) is 13.2. The van der Waals surface area contributed by atoms with Crippen LogP contribution >= 0.6 is 39.3 Å². The summed E-state index contributed by atoms with van der Waals surface area (Å²) in [4.78, 5) is 73.0. The number of carbonyl (C=O) groups is 2. The second-order valence-electron chi connectivity index (χ2n) is 16.4. The van der Waals surface area contributed by atoms with Crippen molar-refractivity contribution in [3.05, 3.63) is 145 Å². The molecule has 2 aromatic carbocycles. The number of H-pyrrole nitrogens is 2. The second-order valence-corrected chi connectivity index (χ2v) is 18.3. The van der Waals surface area contributed by atoms with Crippen LogP contribution in [0, 0.1) is 0 Å². The highest BCUT2D eigenvalue weighted by Gasteiger charge is 2.24. The van der Waals surface area contributed by atoms with Crippen molar-refractivity contribution in [1.82, 2.24) is 47.8 Å². The van der Waals surface area contributed by atoms with E-state index in [4.69, 9.17) is 27.9 Å². The van der Waals surface area contributed by atoms with Crippen LogP contribution in [-0.4, -0.2) is 128 Å². The normalized spacial score (nSPS) is 14.7. The summed E-state index contributed by atoms with van der Waals surface area (Å²) in [6.45, 7) is 8.13. The summed E-state index contributed by atoms with van der Waals surface area (Å²) in [6, 6.07) is 20.4. The van der Waals surface area contributed by atoms with Gasteiger partial charge >= 0.3 is 11.4 Å². The van der Waals surface area contributed by atoms with Gasteiger partial charge in [0.25, 0.3) is 11.8 Å². The topological polar surface area (TPSA) is 172 Å². The molecule has 8 heterocycles. The van der Waals surface area contributed by atoms with Gasteiger partial charge in [-0.2, -0.15) is 0 Å². The van der Waals surface area contributed by atoms with E-state index in [2.05, 4.69) is 61.0 Å². The van der Waals surface area contributed by atoms with E-state index in [-0.39, 0.29) is 23.2 Å². The molecule has 8 aromatic rings. The number of aromatic nitrogens is 6. The minimum Gasteiger partial charge on any atom is -0.495 e. The molecule has 2 aliphatic heterocycles. The van der Waals surface area contributed by atoms with Crippen LogP contribution in [0.4, 0.5) is 11.4 Å². The van der Waals surface area contributed by atoms with Crippen LogP contribution in [0.25, 0.3) is 33.1 Å².